The molecule has 0 fully saturated rings. The number of nitrogens with zero attached hydrogens (tertiary/aromatic N) is 1. The quantitative estimate of drug-likeness (QED) is 0.801. The third kappa shape index (κ3) is 2.67. The SMILES string of the molecule is COc1ccc(N2C=C(C(F)(F)F)C=CC2)cc1. The zero-order chi connectivity index (χ0) is 13.2. The summed E-state index contributed by atoms with van der Waals surface area (Å²) in [5.74, 6) is 0.673. The predicted molar refractivity (Wildman–Crippen MR) is 63.6 cm³/mol. The number of ether oxygens (including phenoxy) is 1. The topological polar surface area (TPSA) is 12.5 Å². The van der Waals surface area contributed by atoms with Crippen LogP contribution in [0.4, 0.5) is 18.9 Å². The molecule has 0 spiro atoms. The first-order valence-corrected chi connectivity index (χ1v) is 5.37. The zero-order valence-electron chi connectivity index (χ0n) is 9.74. The molecule has 0 saturated heterocycles. The van der Waals surface area contributed by atoms with Gasteiger partial charge in [0.25, 0.3) is 0 Å². The molecule has 0 aromatic heterocycles. The third-order valence-electron chi connectivity index (χ3n) is 2.63. The molecule has 1 aromatic rings. The smallest absolute Gasteiger partial charge is 0.417 e. The van der Waals surface area contributed by atoms with Crippen LogP contribution in [0.25, 0.3) is 0 Å². The summed E-state index contributed by atoms with van der Waals surface area (Å²) in [7, 11) is 1.54. The van der Waals surface area contributed by atoms with E-state index in [4.69, 9.17) is 4.74 Å². The Morgan fingerprint density at radius 2 is 1.83 bits per heavy atom. The van der Waals surface area contributed by atoms with Crippen LogP contribution in [0.3, 0.4) is 0 Å². The number of anilines is 1. The second-order valence-electron chi connectivity index (χ2n) is 3.83. The summed E-state index contributed by atoms with van der Waals surface area (Å²) in [5, 5.41) is 0. The molecule has 1 aliphatic rings. The molecule has 2 rings (SSSR count). The molecule has 96 valence electrons. The van der Waals surface area contributed by atoms with E-state index >= 15 is 0 Å². The van der Waals surface area contributed by atoms with Gasteiger partial charge in [0.2, 0.25) is 0 Å². The molecule has 0 amide bonds. The number of methoxy groups -OCH3 is 1. The van der Waals surface area contributed by atoms with Crippen molar-refractivity contribution in [2.45, 2.75) is 6.18 Å². The normalized spacial score (nSPS) is 15.6. The zero-order valence-corrected chi connectivity index (χ0v) is 9.74. The van der Waals surface area contributed by atoms with E-state index in [2.05, 4.69) is 0 Å². The van der Waals surface area contributed by atoms with E-state index in [1.165, 1.54) is 6.08 Å². The van der Waals surface area contributed by atoms with Crippen LogP contribution in [-0.4, -0.2) is 19.8 Å². The minimum atomic E-state index is -4.32. The summed E-state index contributed by atoms with van der Waals surface area (Å²) < 4.78 is 42.8. The molecule has 5 heteroatoms. The van der Waals surface area contributed by atoms with Crippen molar-refractivity contribution in [2.24, 2.45) is 0 Å². The summed E-state index contributed by atoms with van der Waals surface area (Å²) in [6.07, 6.45) is -0.615. The molecule has 18 heavy (non-hydrogen) atoms. The van der Waals surface area contributed by atoms with E-state index in [9.17, 15) is 13.2 Å². The minimum Gasteiger partial charge on any atom is -0.497 e. The number of halogens is 3. The van der Waals surface area contributed by atoms with Gasteiger partial charge in [-0.25, -0.2) is 0 Å². The van der Waals surface area contributed by atoms with E-state index in [1.807, 2.05) is 0 Å². The number of hydrogen-bond donors (Lipinski definition) is 0. The van der Waals surface area contributed by atoms with Crippen molar-refractivity contribution in [3.63, 3.8) is 0 Å². The van der Waals surface area contributed by atoms with Crippen LogP contribution in [0.2, 0.25) is 0 Å². The Morgan fingerprint density at radius 1 is 1.17 bits per heavy atom. The van der Waals surface area contributed by atoms with Crippen LogP contribution >= 0.6 is 0 Å². The van der Waals surface area contributed by atoms with Crippen LogP contribution in [0.15, 0.2) is 48.2 Å². The van der Waals surface area contributed by atoms with Gasteiger partial charge in [-0.15, -0.1) is 0 Å². The summed E-state index contributed by atoms with van der Waals surface area (Å²) in [4.78, 5) is 1.54. The molecule has 0 N–H and O–H groups in total. The van der Waals surface area contributed by atoms with Crippen molar-refractivity contribution < 1.29 is 17.9 Å². The predicted octanol–water partition coefficient (Wildman–Crippen LogP) is 3.52. The molecule has 1 heterocycles. The Hall–Kier alpha value is -1.91. The van der Waals surface area contributed by atoms with Gasteiger partial charge < -0.3 is 9.64 Å². The van der Waals surface area contributed by atoms with Crippen molar-refractivity contribution in [3.8, 4) is 5.75 Å². The van der Waals surface area contributed by atoms with E-state index < -0.39 is 11.7 Å². The van der Waals surface area contributed by atoms with Crippen molar-refractivity contribution in [3.05, 3.63) is 48.2 Å². The highest BCUT2D eigenvalue weighted by atomic mass is 19.4. The lowest BCUT2D eigenvalue weighted by atomic mass is 10.1. The van der Waals surface area contributed by atoms with Crippen molar-refractivity contribution in [1.82, 2.24) is 0 Å². The highest BCUT2D eigenvalue weighted by Crippen LogP contribution is 2.30. The van der Waals surface area contributed by atoms with Gasteiger partial charge in [0.1, 0.15) is 5.75 Å². The fraction of sp³-hybridized carbons (Fsp3) is 0.231. The lowest BCUT2D eigenvalue weighted by Crippen LogP contribution is -2.23. The van der Waals surface area contributed by atoms with Crippen LogP contribution in [0.5, 0.6) is 5.75 Å². The van der Waals surface area contributed by atoms with Crippen molar-refractivity contribution in [1.29, 1.82) is 0 Å². The molecule has 1 aromatic carbocycles. The molecule has 0 unspecified atom stereocenters. The fourth-order valence-electron chi connectivity index (χ4n) is 1.68. The standard InChI is InChI=1S/C13H12F3NO/c1-18-12-6-4-11(5-7-12)17-8-2-3-10(9-17)13(14,15)16/h2-7,9H,8H2,1H3. The van der Waals surface area contributed by atoms with E-state index in [0.29, 0.717) is 18.0 Å². The summed E-state index contributed by atoms with van der Waals surface area (Å²) >= 11 is 0. The number of alkyl halides is 3. The van der Waals surface area contributed by atoms with Crippen LogP contribution in [0, 0.1) is 0 Å². The second kappa shape index (κ2) is 4.76. The molecule has 1 aliphatic heterocycles. The van der Waals surface area contributed by atoms with Crippen molar-refractivity contribution in [2.75, 3.05) is 18.6 Å². The van der Waals surface area contributed by atoms with Crippen LogP contribution in [-0.2, 0) is 0 Å². The average molecular weight is 255 g/mol. The monoisotopic (exact) mass is 255 g/mol. The Kier molecular flexibility index (Phi) is 3.32. The minimum absolute atomic E-state index is 0.423. The molecule has 0 radical (unpaired) electrons. The highest BCUT2D eigenvalue weighted by Gasteiger charge is 2.33. The summed E-state index contributed by atoms with van der Waals surface area (Å²) in [5.41, 5.74) is 0.0477. The number of allylic oxidation sites excluding steroid dienone is 2. The first-order valence-electron chi connectivity index (χ1n) is 5.37. The number of benzene rings is 1. The Bertz CT molecular complexity index is 474. The maximum atomic E-state index is 12.6. The van der Waals surface area contributed by atoms with Crippen LogP contribution in [0.1, 0.15) is 0 Å². The van der Waals surface area contributed by atoms with Gasteiger partial charge in [-0.2, -0.15) is 13.2 Å². The van der Waals surface area contributed by atoms with Crippen LogP contribution < -0.4 is 9.64 Å². The molecule has 0 saturated carbocycles. The van der Waals surface area contributed by atoms with E-state index in [0.717, 1.165) is 12.3 Å². The number of hydrogen-bond acceptors (Lipinski definition) is 2. The van der Waals surface area contributed by atoms with Gasteiger partial charge in [0.15, 0.2) is 0 Å². The Morgan fingerprint density at radius 3 is 2.39 bits per heavy atom. The van der Waals surface area contributed by atoms with Crippen molar-refractivity contribution >= 4 is 5.69 Å². The van der Waals surface area contributed by atoms with Gasteiger partial charge in [-0.3, -0.25) is 0 Å². The van der Waals surface area contributed by atoms with E-state index in [-0.39, 0.29) is 0 Å². The largest absolute Gasteiger partial charge is 0.497 e. The molecule has 0 bridgehead atoms. The average Bonchev–Trinajstić information content (AvgIpc) is 2.38. The lowest BCUT2D eigenvalue weighted by molar-refractivity contribution is -0.0885. The molecular formula is C13H12F3NO. The third-order valence-corrected chi connectivity index (χ3v) is 2.63. The molecule has 0 aliphatic carbocycles. The first-order chi connectivity index (χ1) is 8.50. The molecule has 2 nitrogen and oxygen atoms in total. The molecular weight excluding hydrogens is 243 g/mol. The van der Waals surface area contributed by atoms with Gasteiger partial charge in [-0.1, -0.05) is 12.2 Å². The van der Waals surface area contributed by atoms with Gasteiger partial charge in [0, 0.05) is 18.4 Å². The first kappa shape index (κ1) is 12.5. The van der Waals surface area contributed by atoms with Gasteiger partial charge in [-0.05, 0) is 24.3 Å². The Labute approximate surface area is 103 Å². The fourth-order valence-corrected chi connectivity index (χ4v) is 1.68. The van der Waals surface area contributed by atoms with Gasteiger partial charge >= 0.3 is 6.18 Å². The van der Waals surface area contributed by atoms with Gasteiger partial charge in [0.05, 0.1) is 12.7 Å². The summed E-state index contributed by atoms with van der Waals surface area (Å²) in [6, 6.07) is 6.88. The lowest BCUT2D eigenvalue weighted by Gasteiger charge is -2.24. The summed E-state index contributed by atoms with van der Waals surface area (Å²) in [6.45, 7) is 0.423. The maximum Gasteiger partial charge on any atom is 0.417 e. The molecule has 0 atom stereocenters. The maximum absolute atomic E-state index is 12.6. The number of rotatable bonds is 2. The Balaban J connectivity index is 2.23. The van der Waals surface area contributed by atoms with E-state index in [1.54, 1.807) is 36.3 Å². The second-order valence-corrected chi connectivity index (χ2v) is 3.83. The highest BCUT2D eigenvalue weighted by molar-refractivity contribution is 5.54.